The number of morpholine rings is 1. The molecular formula is C19H22F3N5O3. The van der Waals surface area contributed by atoms with E-state index in [9.17, 15) is 18.0 Å². The van der Waals surface area contributed by atoms with Gasteiger partial charge in [0.05, 0.1) is 25.9 Å². The molecule has 1 aliphatic heterocycles. The van der Waals surface area contributed by atoms with Crippen molar-refractivity contribution in [3.63, 3.8) is 0 Å². The van der Waals surface area contributed by atoms with Gasteiger partial charge in [-0.3, -0.25) is 4.79 Å². The van der Waals surface area contributed by atoms with E-state index in [0.717, 1.165) is 26.0 Å². The van der Waals surface area contributed by atoms with Crippen LogP contribution >= 0.6 is 0 Å². The van der Waals surface area contributed by atoms with Crippen LogP contribution in [0, 0.1) is 24.4 Å². The van der Waals surface area contributed by atoms with Crippen LogP contribution in [0.1, 0.15) is 16.2 Å². The topological polar surface area (TPSA) is 88.6 Å². The Morgan fingerprint density at radius 1 is 1.17 bits per heavy atom. The zero-order valence-electron chi connectivity index (χ0n) is 16.6. The summed E-state index contributed by atoms with van der Waals surface area (Å²) < 4.78 is 51.1. The second-order valence-electron chi connectivity index (χ2n) is 6.51. The summed E-state index contributed by atoms with van der Waals surface area (Å²) in [5, 5.41) is 5.50. The van der Waals surface area contributed by atoms with Gasteiger partial charge >= 0.3 is 0 Å². The first kappa shape index (κ1) is 21.6. The molecule has 1 fully saturated rings. The van der Waals surface area contributed by atoms with Crippen molar-refractivity contribution in [2.24, 2.45) is 0 Å². The maximum atomic E-state index is 14.2. The third kappa shape index (κ3) is 4.90. The second kappa shape index (κ2) is 9.61. The number of hydrogen-bond acceptors (Lipinski definition) is 7. The third-order valence-corrected chi connectivity index (χ3v) is 4.44. The van der Waals surface area contributed by atoms with Gasteiger partial charge in [0, 0.05) is 32.2 Å². The molecule has 1 aromatic carbocycles. The highest BCUT2D eigenvalue weighted by atomic mass is 19.2. The smallest absolute Gasteiger partial charge is 0.254 e. The van der Waals surface area contributed by atoms with E-state index < -0.39 is 34.7 Å². The Bertz CT molecular complexity index is 923. The van der Waals surface area contributed by atoms with Gasteiger partial charge < -0.3 is 25.0 Å². The van der Waals surface area contributed by atoms with Gasteiger partial charge in [-0.25, -0.2) is 18.7 Å². The summed E-state index contributed by atoms with van der Waals surface area (Å²) in [5.41, 5.74) is -0.641. The fraction of sp³-hybridized carbons (Fsp3) is 0.421. The van der Waals surface area contributed by atoms with Crippen LogP contribution in [-0.2, 0) is 4.74 Å². The van der Waals surface area contributed by atoms with Gasteiger partial charge in [0.15, 0.2) is 17.4 Å². The standard InChI is InChI=1S/C19H22F3N5O3/c1-11-25-14(10-15(26-11)27-5-7-30-8-6-27)23-3-4-24-19(28)12-9-13(20)17(22)18(29-2)16(12)21/h9-10H,3-8H2,1-2H3,(H,24,28)(H,23,25,26). The number of rotatable bonds is 7. The number of hydrogen-bond donors (Lipinski definition) is 2. The van der Waals surface area contributed by atoms with E-state index in [1.54, 1.807) is 13.0 Å². The van der Waals surface area contributed by atoms with Crippen molar-refractivity contribution >= 4 is 17.5 Å². The summed E-state index contributed by atoms with van der Waals surface area (Å²) in [4.78, 5) is 23.0. The number of methoxy groups -OCH3 is 1. The van der Waals surface area contributed by atoms with Crippen LogP contribution in [0.2, 0.25) is 0 Å². The maximum absolute atomic E-state index is 14.2. The Hall–Kier alpha value is -3.08. The van der Waals surface area contributed by atoms with Crippen molar-refractivity contribution in [3.8, 4) is 5.75 Å². The monoisotopic (exact) mass is 425 g/mol. The molecule has 1 aromatic heterocycles. The molecule has 0 spiro atoms. The Labute approximate surface area is 171 Å². The lowest BCUT2D eigenvalue weighted by Gasteiger charge is -2.28. The molecule has 2 N–H and O–H groups in total. The van der Waals surface area contributed by atoms with Crippen LogP contribution in [0.4, 0.5) is 24.8 Å². The molecule has 11 heteroatoms. The van der Waals surface area contributed by atoms with Crippen molar-refractivity contribution < 1.29 is 27.4 Å². The molecule has 0 aliphatic carbocycles. The molecule has 2 aromatic rings. The van der Waals surface area contributed by atoms with Gasteiger partial charge in [0.2, 0.25) is 5.82 Å². The van der Waals surface area contributed by atoms with Crippen molar-refractivity contribution in [2.45, 2.75) is 6.92 Å². The molecule has 0 unspecified atom stereocenters. The number of benzene rings is 1. The van der Waals surface area contributed by atoms with E-state index in [1.807, 2.05) is 0 Å². The lowest BCUT2D eigenvalue weighted by molar-refractivity contribution is 0.0949. The molecule has 0 bridgehead atoms. The minimum atomic E-state index is -1.48. The van der Waals surface area contributed by atoms with Crippen molar-refractivity contribution in [1.29, 1.82) is 0 Å². The normalized spacial score (nSPS) is 13.8. The van der Waals surface area contributed by atoms with Crippen molar-refractivity contribution in [2.75, 3.05) is 56.7 Å². The molecule has 3 rings (SSSR count). The maximum Gasteiger partial charge on any atom is 0.254 e. The highest BCUT2D eigenvalue weighted by Crippen LogP contribution is 2.26. The number of carbonyl (C=O) groups is 1. The van der Waals surface area contributed by atoms with Gasteiger partial charge in [0.25, 0.3) is 5.91 Å². The zero-order valence-corrected chi connectivity index (χ0v) is 16.6. The van der Waals surface area contributed by atoms with Gasteiger partial charge in [-0.2, -0.15) is 4.39 Å². The Balaban J connectivity index is 1.58. The molecule has 30 heavy (non-hydrogen) atoms. The molecule has 1 saturated heterocycles. The van der Waals surface area contributed by atoms with Crippen LogP contribution in [0.3, 0.4) is 0 Å². The van der Waals surface area contributed by atoms with Crippen LogP contribution in [0.15, 0.2) is 12.1 Å². The number of aryl methyl sites for hydroxylation is 1. The number of amides is 1. The van der Waals surface area contributed by atoms with Crippen molar-refractivity contribution in [1.82, 2.24) is 15.3 Å². The molecular weight excluding hydrogens is 403 g/mol. The molecule has 0 atom stereocenters. The quantitative estimate of drug-likeness (QED) is 0.517. The first-order chi connectivity index (χ1) is 14.4. The van der Waals surface area contributed by atoms with Gasteiger partial charge in [-0.1, -0.05) is 0 Å². The SMILES string of the molecule is COc1c(F)c(F)cc(C(=O)NCCNc2cc(N3CCOCC3)nc(C)n2)c1F. The molecule has 0 saturated carbocycles. The molecule has 162 valence electrons. The number of anilines is 2. The van der Waals surface area contributed by atoms with E-state index >= 15 is 0 Å². The minimum Gasteiger partial charge on any atom is -0.491 e. The number of nitrogens with one attached hydrogen (secondary N) is 2. The summed E-state index contributed by atoms with van der Waals surface area (Å²) in [6.07, 6.45) is 0. The van der Waals surface area contributed by atoms with E-state index in [4.69, 9.17) is 4.74 Å². The lowest BCUT2D eigenvalue weighted by atomic mass is 10.1. The number of halogens is 3. The first-order valence-electron chi connectivity index (χ1n) is 9.32. The predicted molar refractivity (Wildman–Crippen MR) is 103 cm³/mol. The third-order valence-electron chi connectivity index (χ3n) is 4.44. The number of ether oxygens (including phenoxy) is 2. The van der Waals surface area contributed by atoms with E-state index in [-0.39, 0.29) is 13.1 Å². The van der Waals surface area contributed by atoms with E-state index in [1.165, 1.54) is 0 Å². The molecule has 1 amide bonds. The Morgan fingerprint density at radius 3 is 2.60 bits per heavy atom. The highest BCUT2D eigenvalue weighted by Gasteiger charge is 2.23. The van der Waals surface area contributed by atoms with Gasteiger partial charge in [0.1, 0.15) is 17.5 Å². The summed E-state index contributed by atoms with van der Waals surface area (Å²) in [6, 6.07) is 2.29. The fourth-order valence-electron chi connectivity index (χ4n) is 2.98. The van der Waals surface area contributed by atoms with Gasteiger partial charge in [-0.15, -0.1) is 0 Å². The van der Waals surface area contributed by atoms with Crippen LogP contribution in [-0.4, -0.2) is 62.4 Å². The average molecular weight is 425 g/mol. The van der Waals surface area contributed by atoms with Crippen LogP contribution < -0.4 is 20.3 Å². The van der Waals surface area contributed by atoms with Gasteiger partial charge in [-0.05, 0) is 13.0 Å². The van der Waals surface area contributed by atoms with E-state index in [0.29, 0.717) is 30.9 Å². The molecule has 0 radical (unpaired) electrons. The fourth-order valence-corrected chi connectivity index (χ4v) is 2.98. The Morgan fingerprint density at radius 2 is 1.90 bits per heavy atom. The van der Waals surface area contributed by atoms with Crippen molar-refractivity contribution in [3.05, 3.63) is 41.0 Å². The molecule has 2 heterocycles. The average Bonchev–Trinajstić information content (AvgIpc) is 2.74. The number of carbonyl (C=O) groups excluding carboxylic acids is 1. The van der Waals surface area contributed by atoms with E-state index in [2.05, 4.69) is 30.2 Å². The summed E-state index contributed by atoms with van der Waals surface area (Å²) in [7, 11) is 0.988. The number of aromatic nitrogens is 2. The second-order valence-corrected chi connectivity index (χ2v) is 6.51. The summed E-state index contributed by atoms with van der Waals surface area (Å²) in [6.45, 7) is 4.86. The number of nitrogens with zero attached hydrogens (tertiary/aromatic N) is 3. The summed E-state index contributed by atoms with van der Waals surface area (Å²) >= 11 is 0. The van der Waals surface area contributed by atoms with Crippen LogP contribution in [0.25, 0.3) is 0 Å². The minimum absolute atomic E-state index is 0.0928. The first-order valence-corrected chi connectivity index (χ1v) is 9.32. The highest BCUT2D eigenvalue weighted by molar-refractivity contribution is 5.95. The summed E-state index contributed by atoms with van der Waals surface area (Å²) in [5.74, 6) is -4.02. The largest absolute Gasteiger partial charge is 0.491 e. The molecule has 1 aliphatic rings. The predicted octanol–water partition coefficient (Wildman–Crippen LogP) is 1.89. The zero-order chi connectivity index (χ0) is 21.7. The molecule has 8 nitrogen and oxygen atoms in total. The Kier molecular flexibility index (Phi) is 6.93. The lowest BCUT2D eigenvalue weighted by Crippen LogP contribution is -2.37. The van der Waals surface area contributed by atoms with Crippen LogP contribution in [0.5, 0.6) is 5.75 Å².